The van der Waals surface area contributed by atoms with Crippen LogP contribution in [0.2, 0.25) is 0 Å². The van der Waals surface area contributed by atoms with E-state index in [4.69, 9.17) is 29.0 Å². The summed E-state index contributed by atoms with van der Waals surface area (Å²) in [5, 5.41) is 13.0. The second kappa shape index (κ2) is 13.8. The summed E-state index contributed by atoms with van der Waals surface area (Å²) in [5.41, 5.74) is 4.79. The zero-order valence-corrected chi connectivity index (χ0v) is 21.7. The highest BCUT2D eigenvalue weighted by atomic mass is 31.2. The van der Waals surface area contributed by atoms with Gasteiger partial charge < -0.3 is 25.1 Å². The summed E-state index contributed by atoms with van der Waals surface area (Å²) < 4.78 is 41.0. The Hall–Kier alpha value is -2.35. The average molecular weight is 535 g/mol. The Labute approximate surface area is 209 Å². The second-order valence-electron chi connectivity index (χ2n) is 8.43. The summed E-state index contributed by atoms with van der Waals surface area (Å²) in [5.74, 6) is -1.39. The van der Waals surface area contributed by atoms with Gasteiger partial charge in [0.15, 0.2) is 12.8 Å². The third-order valence-electron chi connectivity index (χ3n) is 4.97. The predicted molar refractivity (Wildman–Crippen MR) is 127 cm³/mol. The molecule has 4 N–H and O–H groups in total. The number of carbonyl (C=O) groups excluding carboxylic acids is 2. The van der Waals surface area contributed by atoms with Crippen molar-refractivity contribution in [1.82, 2.24) is 14.6 Å². The highest BCUT2D eigenvalue weighted by Gasteiger charge is 2.39. The Balaban J connectivity index is 2.14. The van der Waals surface area contributed by atoms with Gasteiger partial charge in [-0.25, -0.2) is 19.2 Å². The fourth-order valence-corrected chi connectivity index (χ4v) is 4.90. The Morgan fingerprint density at radius 3 is 2.61 bits per heavy atom. The molecule has 2 rings (SSSR count). The van der Waals surface area contributed by atoms with Gasteiger partial charge in [0.1, 0.15) is 18.0 Å². The van der Waals surface area contributed by atoms with Crippen LogP contribution in [-0.2, 0) is 37.4 Å². The molecule has 0 amide bonds. The van der Waals surface area contributed by atoms with E-state index in [0.29, 0.717) is 0 Å². The molecule has 36 heavy (non-hydrogen) atoms. The predicted octanol–water partition coefficient (Wildman–Crippen LogP) is 0.746. The lowest BCUT2D eigenvalue weighted by molar-refractivity contribution is -0.145. The van der Waals surface area contributed by atoms with Gasteiger partial charge in [-0.2, -0.15) is 4.98 Å². The first-order valence-electron chi connectivity index (χ1n) is 11.6. The lowest BCUT2D eigenvalue weighted by Gasteiger charge is -2.26. The van der Waals surface area contributed by atoms with Crippen molar-refractivity contribution in [2.45, 2.75) is 65.0 Å². The molecule has 1 saturated heterocycles. The molecule has 0 aromatic carbocycles. The van der Waals surface area contributed by atoms with E-state index in [1.807, 2.05) is 13.8 Å². The quantitative estimate of drug-likeness (QED) is 0.224. The topological polar surface area (TPSA) is 191 Å². The van der Waals surface area contributed by atoms with Crippen molar-refractivity contribution in [2.24, 2.45) is 5.92 Å². The molecule has 1 fully saturated rings. The Morgan fingerprint density at radius 2 is 2.00 bits per heavy atom. The molecule has 2 heterocycles. The zero-order chi connectivity index (χ0) is 26.9. The van der Waals surface area contributed by atoms with Crippen LogP contribution in [0.1, 0.15) is 46.8 Å². The first kappa shape index (κ1) is 29.9. The molecule has 5 atom stereocenters. The molecule has 14 nitrogen and oxygen atoms in total. The van der Waals surface area contributed by atoms with Crippen LogP contribution in [-0.4, -0.2) is 71.3 Å². The number of nitrogens with zero attached hydrogens (tertiary/aromatic N) is 2. The molecule has 1 aromatic heterocycles. The summed E-state index contributed by atoms with van der Waals surface area (Å²) in [7, 11) is -4.28. The minimum atomic E-state index is -4.28. The summed E-state index contributed by atoms with van der Waals surface area (Å²) in [4.78, 5) is 40.0. The van der Waals surface area contributed by atoms with Crippen LogP contribution in [0.25, 0.3) is 0 Å². The highest BCUT2D eigenvalue weighted by molar-refractivity contribution is 7.51. The van der Waals surface area contributed by atoms with Crippen molar-refractivity contribution >= 4 is 25.5 Å². The van der Waals surface area contributed by atoms with Crippen molar-refractivity contribution in [3.05, 3.63) is 22.7 Å². The van der Waals surface area contributed by atoms with Gasteiger partial charge in [0, 0.05) is 12.6 Å². The SMILES string of the molecule is CCOC(=O)COP(=O)(N[C@@H](CC(C)C)C(=O)OCC)OC[C@@H]1C[C@H](O)[C@H](n2ccc(N)nc2=O)O1. The monoisotopic (exact) mass is 534 g/mol. The normalized spacial score (nSPS) is 22.2. The van der Waals surface area contributed by atoms with Crippen LogP contribution in [0.5, 0.6) is 0 Å². The van der Waals surface area contributed by atoms with Gasteiger partial charge in [-0.3, -0.25) is 18.4 Å². The Morgan fingerprint density at radius 1 is 1.31 bits per heavy atom. The van der Waals surface area contributed by atoms with Crippen molar-refractivity contribution in [1.29, 1.82) is 0 Å². The number of anilines is 1. The minimum absolute atomic E-state index is 0.0197. The molecular formula is C21H35N4O10P. The van der Waals surface area contributed by atoms with E-state index < -0.39 is 56.5 Å². The number of hydrogen-bond donors (Lipinski definition) is 3. The van der Waals surface area contributed by atoms with E-state index in [1.54, 1.807) is 13.8 Å². The van der Waals surface area contributed by atoms with E-state index in [-0.39, 0.29) is 44.4 Å². The van der Waals surface area contributed by atoms with Crippen LogP contribution >= 0.6 is 7.75 Å². The number of aliphatic hydroxyl groups excluding tert-OH is 1. The van der Waals surface area contributed by atoms with Gasteiger partial charge in [0.25, 0.3) is 0 Å². The number of hydrogen-bond acceptors (Lipinski definition) is 12. The zero-order valence-electron chi connectivity index (χ0n) is 20.8. The molecule has 0 spiro atoms. The summed E-state index contributed by atoms with van der Waals surface area (Å²) in [6, 6.07) is 0.340. The lowest BCUT2D eigenvalue weighted by Crippen LogP contribution is -2.39. The standard InChI is InChI=1S/C21H35N4O10P/c1-5-31-18(27)12-34-36(30,24-15(9-13(3)4)20(28)32-6-2)33-11-14-10-16(26)19(35-14)25-8-7-17(22)23-21(25)29/h7-8,13-16,19,26H,5-6,9-12H2,1-4H3,(H,24,30)(H2,22,23,29)/t14-,15-,16-,19+,36?/m0/s1. The molecular weight excluding hydrogens is 499 g/mol. The first-order chi connectivity index (χ1) is 17.0. The molecule has 0 radical (unpaired) electrons. The molecule has 1 aliphatic heterocycles. The number of aromatic nitrogens is 2. The van der Waals surface area contributed by atoms with Crippen LogP contribution in [0.15, 0.2) is 17.1 Å². The van der Waals surface area contributed by atoms with Gasteiger partial charge in [0.05, 0.1) is 25.9 Å². The number of esters is 2. The number of carbonyl (C=O) groups is 2. The van der Waals surface area contributed by atoms with Crippen LogP contribution in [0, 0.1) is 5.92 Å². The minimum Gasteiger partial charge on any atom is -0.465 e. The largest absolute Gasteiger partial charge is 0.465 e. The lowest BCUT2D eigenvalue weighted by atomic mass is 10.1. The fourth-order valence-electron chi connectivity index (χ4n) is 3.45. The van der Waals surface area contributed by atoms with Crippen molar-refractivity contribution in [3.63, 3.8) is 0 Å². The maximum Gasteiger partial charge on any atom is 0.406 e. The molecule has 204 valence electrons. The average Bonchev–Trinajstić information content (AvgIpc) is 3.16. The number of nitrogens with two attached hydrogens (primary N) is 1. The number of ether oxygens (including phenoxy) is 3. The van der Waals surface area contributed by atoms with Gasteiger partial charge >= 0.3 is 25.4 Å². The van der Waals surface area contributed by atoms with E-state index >= 15 is 0 Å². The maximum atomic E-state index is 13.5. The van der Waals surface area contributed by atoms with Crippen molar-refractivity contribution in [3.8, 4) is 0 Å². The molecule has 15 heteroatoms. The van der Waals surface area contributed by atoms with E-state index in [0.717, 1.165) is 4.57 Å². The van der Waals surface area contributed by atoms with Crippen LogP contribution in [0.4, 0.5) is 5.82 Å². The summed E-state index contributed by atoms with van der Waals surface area (Å²) in [6.45, 7) is 6.12. The fraction of sp³-hybridized carbons (Fsp3) is 0.714. The molecule has 0 saturated carbocycles. The summed E-state index contributed by atoms with van der Waals surface area (Å²) in [6.07, 6.45) is -1.34. The number of nitrogens with one attached hydrogen (secondary N) is 1. The Bertz CT molecular complexity index is 988. The number of rotatable bonds is 14. The van der Waals surface area contributed by atoms with Crippen molar-refractivity contribution in [2.75, 3.05) is 32.2 Å². The summed E-state index contributed by atoms with van der Waals surface area (Å²) >= 11 is 0. The van der Waals surface area contributed by atoms with Crippen molar-refractivity contribution < 1.29 is 42.5 Å². The van der Waals surface area contributed by atoms with Gasteiger partial charge in [-0.15, -0.1) is 0 Å². The van der Waals surface area contributed by atoms with Gasteiger partial charge in [-0.1, -0.05) is 13.8 Å². The van der Waals surface area contributed by atoms with E-state index in [2.05, 4.69) is 10.1 Å². The molecule has 1 aliphatic rings. The van der Waals surface area contributed by atoms with E-state index in [9.17, 15) is 24.1 Å². The third kappa shape index (κ3) is 8.95. The Kier molecular flexibility index (Phi) is 11.5. The van der Waals surface area contributed by atoms with Gasteiger partial charge in [0.2, 0.25) is 0 Å². The van der Waals surface area contributed by atoms with Gasteiger partial charge in [-0.05, 0) is 32.3 Å². The molecule has 0 aliphatic carbocycles. The second-order valence-corrected chi connectivity index (χ2v) is 10.2. The van der Waals surface area contributed by atoms with E-state index in [1.165, 1.54) is 12.3 Å². The maximum absolute atomic E-state index is 13.5. The van der Waals surface area contributed by atoms with Crippen LogP contribution in [0.3, 0.4) is 0 Å². The molecule has 0 bridgehead atoms. The molecule has 1 unspecified atom stereocenters. The number of aliphatic hydroxyl groups is 1. The highest BCUT2D eigenvalue weighted by Crippen LogP contribution is 2.46. The third-order valence-corrected chi connectivity index (χ3v) is 6.56. The molecule has 1 aromatic rings. The smallest absolute Gasteiger partial charge is 0.406 e. The van der Waals surface area contributed by atoms with Crippen LogP contribution < -0.4 is 16.5 Å². The number of nitrogen functional groups attached to an aromatic ring is 1. The first-order valence-corrected chi connectivity index (χ1v) is 13.2.